The highest BCUT2D eigenvalue weighted by Gasteiger charge is 2.12. The summed E-state index contributed by atoms with van der Waals surface area (Å²) in [7, 11) is 1.64. The first kappa shape index (κ1) is 16.4. The van der Waals surface area contributed by atoms with Gasteiger partial charge in [-0.15, -0.1) is 0 Å². The Morgan fingerprint density at radius 2 is 2.23 bits per heavy atom. The molecule has 0 bridgehead atoms. The van der Waals surface area contributed by atoms with Crippen LogP contribution in [0.3, 0.4) is 0 Å². The lowest BCUT2D eigenvalue weighted by Crippen LogP contribution is -2.41. The second-order valence-electron chi connectivity index (χ2n) is 4.78. The summed E-state index contributed by atoms with van der Waals surface area (Å²) >= 11 is 5.36. The van der Waals surface area contributed by atoms with E-state index in [0.29, 0.717) is 41.5 Å². The van der Waals surface area contributed by atoms with Crippen LogP contribution in [0, 0.1) is 0 Å². The first-order valence-corrected chi connectivity index (χ1v) is 7.56. The minimum atomic E-state index is -0.137. The summed E-state index contributed by atoms with van der Waals surface area (Å²) in [5, 5.41) is 4.32. The first-order valence-electron chi connectivity index (χ1n) is 7.15. The van der Waals surface area contributed by atoms with E-state index in [-0.39, 0.29) is 5.56 Å². The topological polar surface area (TPSA) is 70.2 Å². The van der Waals surface area contributed by atoms with E-state index in [4.69, 9.17) is 17.0 Å². The van der Waals surface area contributed by atoms with Crippen molar-refractivity contribution in [2.75, 3.05) is 26.8 Å². The minimum absolute atomic E-state index is 0.137. The van der Waals surface area contributed by atoms with Crippen molar-refractivity contribution in [3.05, 3.63) is 40.4 Å². The molecule has 6 nitrogen and oxygen atoms in total. The molecule has 0 saturated carbocycles. The molecule has 0 aliphatic carbocycles. The molecule has 0 aliphatic rings. The van der Waals surface area contributed by atoms with E-state index in [1.54, 1.807) is 13.2 Å². The molecule has 7 heteroatoms. The number of thiocarbonyl (C=S) groups is 1. The van der Waals surface area contributed by atoms with Crippen LogP contribution in [0.5, 0.6) is 0 Å². The average Bonchev–Trinajstić information content (AvgIpc) is 2.51. The number of fused-ring (bicyclic) bond motifs is 1. The van der Waals surface area contributed by atoms with Gasteiger partial charge in [-0.3, -0.25) is 4.79 Å². The second-order valence-corrected chi connectivity index (χ2v) is 5.17. The van der Waals surface area contributed by atoms with E-state index < -0.39 is 0 Å². The van der Waals surface area contributed by atoms with Crippen LogP contribution in [0.15, 0.2) is 29.1 Å². The molecule has 2 N–H and O–H groups in total. The molecular formula is C15H20N4O2S. The number of para-hydroxylation sites is 1. The highest BCUT2D eigenvalue weighted by atomic mass is 32.1. The smallest absolute Gasteiger partial charge is 0.258 e. The number of methoxy groups -OCH3 is 1. The Balaban J connectivity index is 2.25. The van der Waals surface area contributed by atoms with Gasteiger partial charge in [0.15, 0.2) is 5.11 Å². The zero-order valence-electron chi connectivity index (χ0n) is 12.8. The minimum Gasteiger partial charge on any atom is -0.383 e. The van der Waals surface area contributed by atoms with E-state index in [2.05, 4.69) is 15.3 Å². The van der Waals surface area contributed by atoms with Gasteiger partial charge in [-0.05, 0) is 31.3 Å². The van der Waals surface area contributed by atoms with Crippen molar-refractivity contribution >= 4 is 28.2 Å². The molecule has 0 amide bonds. The third kappa shape index (κ3) is 4.02. The summed E-state index contributed by atoms with van der Waals surface area (Å²) in [6, 6.07) is 7.28. The Morgan fingerprint density at radius 1 is 1.45 bits per heavy atom. The summed E-state index contributed by atoms with van der Waals surface area (Å²) in [5.74, 6) is 0.583. The largest absolute Gasteiger partial charge is 0.383 e. The second kappa shape index (κ2) is 7.86. The lowest BCUT2D eigenvalue weighted by Gasteiger charge is -2.24. The molecular weight excluding hydrogens is 300 g/mol. The first-order chi connectivity index (χ1) is 10.7. The van der Waals surface area contributed by atoms with Gasteiger partial charge >= 0.3 is 0 Å². The SMILES string of the molecule is CCNC(=S)N(CCOC)Cc1nc2ccccc2c(=O)[nH]1. The maximum absolute atomic E-state index is 12.1. The zero-order chi connectivity index (χ0) is 15.9. The van der Waals surface area contributed by atoms with Gasteiger partial charge in [0.2, 0.25) is 0 Å². The maximum atomic E-state index is 12.1. The van der Waals surface area contributed by atoms with E-state index >= 15 is 0 Å². The molecule has 1 aromatic heterocycles. The van der Waals surface area contributed by atoms with Gasteiger partial charge in [-0.2, -0.15) is 0 Å². The van der Waals surface area contributed by atoms with E-state index in [1.807, 2.05) is 30.0 Å². The molecule has 2 aromatic rings. The van der Waals surface area contributed by atoms with Crippen LogP contribution in [0.2, 0.25) is 0 Å². The highest BCUT2D eigenvalue weighted by Crippen LogP contribution is 2.07. The predicted molar refractivity (Wildman–Crippen MR) is 90.9 cm³/mol. The predicted octanol–water partition coefficient (Wildman–Crippen LogP) is 1.27. The third-order valence-corrected chi connectivity index (χ3v) is 3.59. The van der Waals surface area contributed by atoms with Crippen LogP contribution in [0.1, 0.15) is 12.7 Å². The Kier molecular flexibility index (Phi) is 5.85. The fourth-order valence-corrected chi connectivity index (χ4v) is 2.41. The van der Waals surface area contributed by atoms with Crippen molar-refractivity contribution < 1.29 is 4.74 Å². The zero-order valence-corrected chi connectivity index (χ0v) is 13.6. The molecule has 0 aliphatic heterocycles. The quantitative estimate of drug-likeness (QED) is 0.781. The number of ether oxygens (including phenoxy) is 1. The number of nitrogens with zero attached hydrogens (tertiary/aromatic N) is 2. The van der Waals surface area contributed by atoms with Crippen LogP contribution in [-0.4, -0.2) is 46.8 Å². The fourth-order valence-electron chi connectivity index (χ4n) is 2.11. The number of hydrogen-bond acceptors (Lipinski definition) is 4. The number of rotatable bonds is 6. The van der Waals surface area contributed by atoms with Crippen molar-refractivity contribution in [3.8, 4) is 0 Å². The number of aromatic amines is 1. The van der Waals surface area contributed by atoms with Crippen LogP contribution in [0.4, 0.5) is 0 Å². The lowest BCUT2D eigenvalue weighted by molar-refractivity contribution is 0.173. The van der Waals surface area contributed by atoms with Crippen LogP contribution >= 0.6 is 12.2 Å². The van der Waals surface area contributed by atoms with Crippen LogP contribution in [0.25, 0.3) is 10.9 Å². The standard InChI is InChI=1S/C15H20N4O2S/c1-3-16-15(22)19(8-9-21-2)10-13-17-12-7-5-4-6-11(12)14(20)18-13/h4-7H,3,8-10H2,1-2H3,(H,16,22)(H,17,18,20). The van der Waals surface area contributed by atoms with Gasteiger partial charge in [-0.25, -0.2) is 4.98 Å². The number of aromatic nitrogens is 2. The number of hydrogen-bond donors (Lipinski definition) is 2. The molecule has 2 rings (SSSR count). The van der Waals surface area contributed by atoms with Gasteiger partial charge < -0.3 is 19.9 Å². The van der Waals surface area contributed by atoms with Crippen molar-refractivity contribution in [1.82, 2.24) is 20.2 Å². The molecule has 118 valence electrons. The van der Waals surface area contributed by atoms with Gasteiger partial charge in [0.1, 0.15) is 5.82 Å². The van der Waals surface area contributed by atoms with Crippen molar-refractivity contribution in [3.63, 3.8) is 0 Å². The molecule has 0 fully saturated rings. The molecule has 0 unspecified atom stereocenters. The maximum Gasteiger partial charge on any atom is 0.258 e. The molecule has 0 radical (unpaired) electrons. The van der Waals surface area contributed by atoms with Gasteiger partial charge in [0.05, 0.1) is 24.1 Å². The normalized spacial score (nSPS) is 10.6. The summed E-state index contributed by atoms with van der Waals surface area (Å²) in [4.78, 5) is 21.3. The molecule has 1 aromatic carbocycles. The summed E-state index contributed by atoms with van der Waals surface area (Å²) in [5.41, 5.74) is 0.545. The number of benzene rings is 1. The molecule has 0 atom stereocenters. The fraction of sp³-hybridized carbons (Fsp3) is 0.400. The Morgan fingerprint density at radius 3 is 2.95 bits per heavy atom. The Bertz CT molecular complexity index is 701. The van der Waals surface area contributed by atoms with Crippen LogP contribution < -0.4 is 10.9 Å². The van der Waals surface area contributed by atoms with Crippen molar-refractivity contribution in [2.24, 2.45) is 0 Å². The highest BCUT2D eigenvalue weighted by molar-refractivity contribution is 7.80. The Labute approximate surface area is 134 Å². The van der Waals surface area contributed by atoms with Crippen molar-refractivity contribution in [2.45, 2.75) is 13.5 Å². The monoisotopic (exact) mass is 320 g/mol. The molecule has 0 spiro atoms. The van der Waals surface area contributed by atoms with Gasteiger partial charge in [-0.1, -0.05) is 12.1 Å². The van der Waals surface area contributed by atoms with Gasteiger partial charge in [0, 0.05) is 20.2 Å². The Hall–Kier alpha value is -1.99. The summed E-state index contributed by atoms with van der Waals surface area (Å²) in [6.07, 6.45) is 0. The summed E-state index contributed by atoms with van der Waals surface area (Å²) < 4.78 is 5.11. The summed E-state index contributed by atoms with van der Waals surface area (Å²) in [6.45, 7) is 4.32. The van der Waals surface area contributed by atoms with Crippen molar-refractivity contribution in [1.29, 1.82) is 0 Å². The number of nitrogens with one attached hydrogen (secondary N) is 2. The van der Waals surface area contributed by atoms with Crippen LogP contribution in [-0.2, 0) is 11.3 Å². The molecule has 22 heavy (non-hydrogen) atoms. The number of H-pyrrole nitrogens is 1. The molecule has 1 heterocycles. The van der Waals surface area contributed by atoms with Gasteiger partial charge in [0.25, 0.3) is 5.56 Å². The average molecular weight is 320 g/mol. The van der Waals surface area contributed by atoms with E-state index in [0.717, 1.165) is 6.54 Å². The van der Waals surface area contributed by atoms with E-state index in [1.165, 1.54) is 0 Å². The third-order valence-electron chi connectivity index (χ3n) is 3.18. The molecule has 0 saturated heterocycles. The van der Waals surface area contributed by atoms with E-state index in [9.17, 15) is 4.79 Å². The lowest BCUT2D eigenvalue weighted by atomic mass is 10.2.